The third-order valence-corrected chi connectivity index (χ3v) is 2.66. The van der Waals surface area contributed by atoms with Gasteiger partial charge in [0.15, 0.2) is 0 Å². The van der Waals surface area contributed by atoms with Crippen LogP contribution in [0, 0.1) is 0 Å². The van der Waals surface area contributed by atoms with Crippen LogP contribution in [0.2, 0.25) is 5.02 Å². The summed E-state index contributed by atoms with van der Waals surface area (Å²) in [7, 11) is 4.07. The molecule has 1 unspecified atom stereocenters. The van der Waals surface area contributed by atoms with Gasteiger partial charge in [0.05, 0.1) is 6.04 Å². The molecule has 0 aliphatic carbocycles. The predicted molar refractivity (Wildman–Crippen MR) is 66.1 cm³/mol. The van der Waals surface area contributed by atoms with Gasteiger partial charge in [-0.2, -0.15) is 0 Å². The van der Waals surface area contributed by atoms with Crippen molar-refractivity contribution in [1.82, 2.24) is 4.90 Å². The lowest BCUT2D eigenvalue weighted by Crippen LogP contribution is -2.45. The van der Waals surface area contributed by atoms with Gasteiger partial charge in [-0.3, -0.25) is 0 Å². The molecule has 0 saturated heterocycles. The largest absolute Gasteiger partial charge is 0.324 e. The molecule has 1 aromatic carbocycles. The van der Waals surface area contributed by atoms with Gasteiger partial charge >= 0.3 is 0 Å². The molecule has 2 N–H and O–H groups in total. The summed E-state index contributed by atoms with van der Waals surface area (Å²) in [5.41, 5.74) is 7.09. The average Bonchev–Trinajstić information content (AvgIpc) is 2.05. The van der Waals surface area contributed by atoms with Crippen molar-refractivity contribution in [3.05, 3.63) is 34.9 Å². The van der Waals surface area contributed by atoms with Gasteiger partial charge in [0, 0.05) is 10.6 Å². The lowest BCUT2D eigenvalue weighted by Gasteiger charge is -2.36. The Morgan fingerprint density at radius 3 is 2.00 bits per heavy atom. The van der Waals surface area contributed by atoms with Crippen molar-refractivity contribution in [1.29, 1.82) is 0 Å². The summed E-state index contributed by atoms with van der Waals surface area (Å²) in [6.45, 7) is 4.07. The highest BCUT2D eigenvalue weighted by molar-refractivity contribution is 6.30. The van der Waals surface area contributed by atoms with Gasteiger partial charge in [0.2, 0.25) is 0 Å². The molecule has 3 heteroatoms. The Labute approximate surface area is 97.0 Å². The number of nitrogens with zero attached hydrogens (tertiary/aromatic N) is 1. The third kappa shape index (κ3) is 3.20. The van der Waals surface area contributed by atoms with Crippen LogP contribution in [0.4, 0.5) is 0 Å². The van der Waals surface area contributed by atoms with Crippen LogP contribution in [0.1, 0.15) is 25.5 Å². The molecule has 0 fully saturated rings. The maximum atomic E-state index is 6.18. The minimum Gasteiger partial charge on any atom is -0.324 e. The van der Waals surface area contributed by atoms with Crippen LogP contribution in [0.3, 0.4) is 0 Å². The highest BCUT2D eigenvalue weighted by atomic mass is 35.5. The van der Waals surface area contributed by atoms with E-state index in [1.165, 1.54) is 5.56 Å². The number of rotatable bonds is 3. The quantitative estimate of drug-likeness (QED) is 0.859. The number of hydrogen-bond donors (Lipinski definition) is 1. The molecule has 2 nitrogen and oxygen atoms in total. The Bertz CT molecular complexity index is 311. The van der Waals surface area contributed by atoms with Crippen molar-refractivity contribution < 1.29 is 0 Å². The zero-order valence-electron chi connectivity index (χ0n) is 9.79. The van der Waals surface area contributed by atoms with Crippen molar-refractivity contribution in [2.75, 3.05) is 14.1 Å². The van der Waals surface area contributed by atoms with E-state index in [2.05, 4.69) is 4.90 Å². The molecule has 0 aliphatic heterocycles. The van der Waals surface area contributed by atoms with Crippen molar-refractivity contribution in [2.45, 2.75) is 25.4 Å². The molecule has 0 amide bonds. The highest BCUT2D eigenvalue weighted by Crippen LogP contribution is 2.28. The summed E-state index contributed by atoms with van der Waals surface area (Å²) in [5.74, 6) is 0. The van der Waals surface area contributed by atoms with E-state index in [0.29, 0.717) is 0 Å². The van der Waals surface area contributed by atoms with Crippen LogP contribution >= 0.6 is 11.6 Å². The second-order valence-electron chi connectivity index (χ2n) is 4.74. The second-order valence-corrected chi connectivity index (χ2v) is 5.18. The van der Waals surface area contributed by atoms with Gasteiger partial charge in [-0.05, 0) is 45.6 Å². The van der Waals surface area contributed by atoms with Crippen LogP contribution < -0.4 is 5.73 Å². The fourth-order valence-corrected chi connectivity index (χ4v) is 2.16. The van der Waals surface area contributed by atoms with Gasteiger partial charge in [-0.1, -0.05) is 23.7 Å². The predicted octanol–water partition coefficient (Wildman–Crippen LogP) is 2.68. The summed E-state index contributed by atoms with van der Waals surface area (Å²) < 4.78 is 0. The Balaban J connectivity index is 3.05. The van der Waals surface area contributed by atoms with Crippen LogP contribution in [0.15, 0.2) is 24.3 Å². The molecule has 84 valence electrons. The first-order valence-electron chi connectivity index (χ1n) is 5.03. The van der Waals surface area contributed by atoms with E-state index in [0.717, 1.165) is 5.02 Å². The first-order valence-corrected chi connectivity index (χ1v) is 5.41. The summed E-state index contributed by atoms with van der Waals surface area (Å²) in [6, 6.07) is 8.05. The summed E-state index contributed by atoms with van der Waals surface area (Å²) in [5, 5.41) is 0.756. The number of nitrogens with two attached hydrogens (primary N) is 1. The molecule has 1 aromatic rings. The first-order chi connectivity index (χ1) is 6.82. The second kappa shape index (κ2) is 4.52. The molecular formula is C12H19ClN2. The fourth-order valence-electron chi connectivity index (χ4n) is 2.04. The Morgan fingerprint density at radius 2 is 1.67 bits per heavy atom. The van der Waals surface area contributed by atoms with Gasteiger partial charge in [-0.25, -0.2) is 0 Å². The molecule has 0 spiro atoms. The van der Waals surface area contributed by atoms with E-state index in [9.17, 15) is 0 Å². The summed E-state index contributed by atoms with van der Waals surface area (Å²) >= 11 is 5.87. The maximum absolute atomic E-state index is 6.18. The SMILES string of the molecule is CN(C)C(c1ccc(Cl)cc1)C(C)(C)N. The van der Waals surface area contributed by atoms with Gasteiger partial charge in [-0.15, -0.1) is 0 Å². The molecule has 1 rings (SSSR count). The highest BCUT2D eigenvalue weighted by Gasteiger charge is 2.28. The van der Waals surface area contributed by atoms with Gasteiger partial charge < -0.3 is 10.6 Å². The normalized spacial score (nSPS) is 14.3. The molecule has 0 heterocycles. The van der Waals surface area contributed by atoms with E-state index in [1.807, 2.05) is 52.2 Å². The molecule has 0 radical (unpaired) electrons. The summed E-state index contributed by atoms with van der Waals surface area (Å²) in [4.78, 5) is 2.13. The smallest absolute Gasteiger partial charge is 0.0517 e. The van der Waals surface area contributed by atoms with Gasteiger partial charge in [0.25, 0.3) is 0 Å². The van der Waals surface area contributed by atoms with Crippen LogP contribution in [-0.2, 0) is 0 Å². The van der Waals surface area contributed by atoms with Crippen molar-refractivity contribution >= 4 is 11.6 Å². The van der Waals surface area contributed by atoms with Crippen molar-refractivity contribution in [3.8, 4) is 0 Å². The standard InChI is InChI=1S/C12H19ClN2/c1-12(2,14)11(15(3)4)9-5-7-10(13)8-6-9/h5-8,11H,14H2,1-4H3. The lowest BCUT2D eigenvalue weighted by atomic mass is 9.89. The molecule has 1 atom stereocenters. The van der Waals surface area contributed by atoms with Crippen LogP contribution in [0.25, 0.3) is 0 Å². The third-order valence-electron chi connectivity index (χ3n) is 2.41. The lowest BCUT2D eigenvalue weighted by molar-refractivity contribution is 0.205. The van der Waals surface area contributed by atoms with E-state index in [4.69, 9.17) is 17.3 Å². The molecule has 0 aromatic heterocycles. The van der Waals surface area contributed by atoms with Gasteiger partial charge in [0.1, 0.15) is 0 Å². The molecule has 0 aliphatic rings. The number of benzene rings is 1. The number of hydrogen-bond acceptors (Lipinski definition) is 2. The summed E-state index contributed by atoms with van der Waals surface area (Å²) in [6.07, 6.45) is 0. The zero-order chi connectivity index (χ0) is 11.6. The van der Waals surface area contributed by atoms with E-state index >= 15 is 0 Å². The Hall–Kier alpha value is -0.570. The Morgan fingerprint density at radius 1 is 1.20 bits per heavy atom. The van der Waals surface area contributed by atoms with E-state index in [1.54, 1.807) is 0 Å². The number of halogens is 1. The topological polar surface area (TPSA) is 29.3 Å². The van der Waals surface area contributed by atoms with E-state index in [-0.39, 0.29) is 11.6 Å². The van der Waals surface area contributed by atoms with Crippen molar-refractivity contribution in [2.24, 2.45) is 5.73 Å². The minimum atomic E-state index is -0.280. The fraction of sp³-hybridized carbons (Fsp3) is 0.500. The minimum absolute atomic E-state index is 0.190. The van der Waals surface area contributed by atoms with Crippen molar-refractivity contribution in [3.63, 3.8) is 0 Å². The number of likely N-dealkylation sites (N-methyl/N-ethyl adjacent to an activating group) is 1. The molecule has 0 bridgehead atoms. The van der Waals surface area contributed by atoms with Crippen LogP contribution in [0.5, 0.6) is 0 Å². The molecular weight excluding hydrogens is 208 g/mol. The molecule has 0 saturated carbocycles. The monoisotopic (exact) mass is 226 g/mol. The maximum Gasteiger partial charge on any atom is 0.0517 e. The average molecular weight is 227 g/mol. The Kier molecular flexibility index (Phi) is 3.77. The van der Waals surface area contributed by atoms with Crippen LogP contribution in [-0.4, -0.2) is 24.5 Å². The first kappa shape index (κ1) is 12.5. The molecule has 15 heavy (non-hydrogen) atoms. The zero-order valence-corrected chi connectivity index (χ0v) is 10.5. The van der Waals surface area contributed by atoms with E-state index < -0.39 is 0 Å².